The van der Waals surface area contributed by atoms with Crippen LogP contribution in [0.2, 0.25) is 0 Å². The molecule has 2 aromatic carbocycles. The van der Waals surface area contributed by atoms with E-state index in [0.29, 0.717) is 0 Å². The molecule has 4 rings (SSSR count). The number of nitrogens with one attached hydrogen (secondary N) is 1. The van der Waals surface area contributed by atoms with E-state index in [2.05, 4.69) is 5.32 Å². The van der Waals surface area contributed by atoms with Gasteiger partial charge in [-0.25, -0.2) is 0 Å². The fourth-order valence-corrected chi connectivity index (χ4v) is 4.81. The Hall–Kier alpha value is -1.81. The summed E-state index contributed by atoms with van der Waals surface area (Å²) in [5.41, 5.74) is 1.98. The maximum absolute atomic E-state index is 12.7. The van der Waals surface area contributed by atoms with Gasteiger partial charge in [0.15, 0.2) is 12.4 Å². The standard InChI is InChI=1S/C21H25NO6S/c1-13-8-10-16(11-9-13)29(24,25)28-20-19(23)18(17-12-26-21(20)27-17)22-14(2)15-6-4-3-5-7-15/h3-11,14,17-23H,12H2,1-2H3/t14-,17-,18-,19+,20+,21-/m1/s1. The van der Waals surface area contributed by atoms with E-state index in [9.17, 15) is 13.5 Å². The second kappa shape index (κ2) is 8.14. The van der Waals surface area contributed by atoms with Gasteiger partial charge in [0.05, 0.1) is 17.5 Å². The molecular formula is C21H25NO6S. The van der Waals surface area contributed by atoms with Crippen LogP contribution >= 0.6 is 0 Å². The van der Waals surface area contributed by atoms with Crippen LogP contribution in [0, 0.1) is 6.92 Å². The fraction of sp³-hybridized carbons (Fsp3) is 0.429. The summed E-state index contributed by atoms with van der Waals surface area (Å²) in [6.07, 6.45) is -3.60. The number of fused-ring (bicyclic) bond motifs is 2. The smallest absolute Gasteiger partial charge is 0.297 e. The van der Waals surface area contributed by atoms with E-state index in [0.717, 1.165) is 11.1 Å². The summed E-state index contributed by atoms with van der Waals surface area (Å²) in [5, 5.41) is 14.3. The Morgan fingerprint density at radius 1 is 1.14 bits per heavy atom. The van der Waals surface area contributed by atoms with Gasteiger partial charge in [-0.3, -0.25) is 4.18 Å². The quantitative estimate of drug-likeness (QED) is 0.691. The van der Waals surface area contributed by atoms with Crippen LogP contribution in [0.15, 0.2) is 59.5 Å². The number of aliphatic hydroxyl groups is 1. The summed E-state index contributed by atoms with van der Waals surface area (Å²) in [6.45, 7) is 4.10. The second-order valence-corrected chi connectivity index (χ2v) is 9.09. The van der Waals surface area contributed by atoms with Crippen molar-refractivity contribution in [2.45, 2.75) is 55.4 Å². The monoisotopic (exact) mass is 419 g/mol. The maximum Gasteiger partial charge on any atom is 0.297 e. The van der Waals surface area contributed by atoms with Gasteiger partial charge >= 0.3 is 0 Å². The molecular weight excluding hydrogens is 394 g/mol. The van der Waals surface area contributed by atoms with Crippen molar-refractivity contribution < 1.29 is 27.2 Å². The predicted octanol–water partition coefficient (Wildman–Crippen LogP) is 1.90. The van der Waals surface area contributed by atoms with Crippen molar-refractivity contribution in [1.82, 2.24) is 5.32 Å². The molecule has 7 nitrogen and oxygen atoms in total. The van der Waals surface area contributed by atoms with Gasteiger partial charge in [-0.15, -0.1) is 0 Å². The van der Waals surface area contributed by atoms with Gasteiger partial charge in [0, 0.05) is 6.04 Å². The predicted molar refractivity (Wildman–Crippen MR) is 106 cm³/mol. The van der Waals surface area contributed by atoms with Gasteiger partial charge in [0.1, 0.15) is 12.2 Å². The van der Waals surface area contributed by atoms with Crippen molar-refractivity contribution in [2.24, 2.45) is 0 Å². The van der Waals surface area contributed by atoms with Crippen LogP contribution in [0.5, 0.6) is 0 Å². The Morgan fingerprint density at radius 2 is 1.83 bits per heavy atom. The van der Waals surface area contributed by atoms with Gasteiger partial charge in [0.2, 0.25) is 0 Å². The molecule has 2 fully saturated rings. The lowest BCUT2D eigenvalue weighted by molar-refractivity contribution is -0.193. The third kappa shape index (κ3) is 4.23. The lowest BCUT2D eigenvalue weighted by Gasteiger charge is -2.39. The average Bonchev–Trinajstić information content (AvgIpc) is 3.16. The molecule has 2 heterocycles. The number of ether oxygens (including phenoxy) is 2. The van der Waals surface area contributed by atoms with Crippen LogP contribution in [0.1, 0.15) is 24.1 Å². The Morgan fingerprint density at radius 3 is 2.52 bits per heavy atom. The number of rotatable bonds is 6. The molecule has 0 amide bonds. The van der Waals surface area contributed by atoms with E-state index in [4.69, 9.17) is 13.7 Å². The lowest BCUT2D eigenvalue weighted by Crippen LogP contribution is -2.60. The largest absolute Gasteiger partial charge is 0.388 e. The summed E-state index contributed by atoms with van der Waals surface area (Å²) in [4.78, 5) is 0.0255. The van der Waals surface area contributed by atoms with E-state index in [1.54, 1.807) is 12.1 Å². The molecule has 0 saturated carbocycles. The van der Waals surface area contributed by atoms with Crippen LogP contribution in [-0.2, 0) is 23.8 Å². The van der Waals surface area contributed by atoms with Crippen molar-refractivity contribution in [2.75, 3.05) is 6.61 Å². The molecule has 0 spiro atoms. The summed E-state index contributed by atoms with van der Waals surface area (Å²) in [7, 11) is -4.09. The molecule has 2 aliphatic heterocycles. The molecule has 0 radical (unpaired) electrons. The Bertz CT molecular complexity index is 933. The van der Waals surface area contributed by atoms with Crippen molar-refractivity contribution >= 4 is 10.1 Å². The average molecular weight is 419 g/mol. The molecule has 2 aliphatic rings. The zero-order valence-electron chi connectivity index (χ0n) is 16.3. The zero-order valence-corrected chi connectivity index (χ0v) is 17.1. The minimum atomic E-state index is -4.09. The Balaban J connectivity index is 1.52. The Labute approximate surface area is 170 Å². The molecule has 2 N–H and O–H groups in total. The topological polar surface area (TPSA) is 94.1 Å². The van der Waals surface area contributed by atoms with Crippen LogP contribution in [-0.4, -0.2) is 50.8 Å². The molecule has 8 heteroatoms. The van der Waals surface area contributed by atoms with Crippen LogP contribution in [0.25, 0.3) is 0 Å². The molecule has 2 saturated heterocycles. The molecule has 2 aromatic rings. The van der Waals surface area contributed by atoms with E-state index >= 15 is 0 Å². The maximum atomic E-state index is 12.7. The SMILES string of the molecule is Cc1ccc(S(=O)(=O)O[C@@H]2[C@@H]3OC[C@@H](O3)[C@@H](N[C@H](C)c3ccccc3)[C@@H]2O)cc1. The van der Waals surface area contributed by atoms with Gasteiger partial charge in [0.25, 0.3) is 10.1 Å². The van der Waals surface area contributed by atoms with Crippen LogP contribution in [0.3, 0.4) is 0 Å². The summed E-state index contributed by atoms with van der Waals surface area (Å²) in [6, 6.07) is 15.5. The van der Waals surface area contributed by atoms with Gasteiger partial charge in [-0.05, 0) is 31.5 Å². The van der Waals surface area contributed by atoms with E-state index < -0.39 is 34.7 Å². The van der Waals surface area contributed by atoms with Gasteiger partial charge in [-0.1, -0.05) is 48.0 Å². The van der Waals surface area contributed by atoms with Crippen LogP contribution in [0.4, 0.5) is 0 Å². The van der Waals surface area contributed by atoms with E-state index in [-0.39, 0.29) is 23.6 Å². The van der Waals surface area contributed by atoms with Crippen LogP contribution < -0.4 is 5.32 Å². The molecule has 6 atom stereocenters. The van der Waals surface area contributed by atoms with Gasteiger partial charge in [-0.2, -0.15) is 8.42 Å². The highest BCUT2D eigenvalue weighted by Crippen LogP contribution is 2.33. The third-order valence-electron chi connectivity index (χ3n) is 5.40. The summed E-state index contributed by atoms with van der Waals surface area (Å²) in [5.74, 6) is 0. The molecule has 2 bridgehead atoms. The number of hydrogen-bond acceptors (Lipinski definition) is 7. The molecule has 29 heavy (non-hydrogen) atoms. The lowest BCUT2D eigenvalue weighted by atomic mass is 9.96. The fourth-order valence-electron chi connectivity index (χ4n) is 3.73. The highest BCUT2D eigenvalue weighted by Gasteiger charge is 2.52. The number of aliphatic hydroxyl groups excluding tert-OH is 1. The molecule has 156 valence electrons. The first-order chi connectivity index (χ1) is 13.8. The highest BCUT2D eigenvalue weighted by molar-refractivity contribution is 7.86. The number of aryl methyl sites for hydroxylation is 1. The van der Waals surface area contributed by atoms with E-state index in [1.165, 1.54) is 12.1 Å². The zero-order chi connectivity index (χ0) is 20.6. The molecule has 0 aromatic heterocycles. The minimum Gasteiger partial charge on any atom is -0.388 e. The van der Waals surface area contributed by atoms with Crippen molar-refractivity contribution in [3.63, 3.8) is 0 Å². The van der Waals surface area contributed by atoms with E-state index in [1.807, 2.05) is 44.2 Å². The highest BCUT2D eigenvalue weighted by atomic mass is 32.2. The summed E-state index contributed by atoms with van der Waals surface area (Å²) >= 11 is 0. The normalized spacial score (nSPS) is 30.2. The first kappa shape index (κ1) is 20.5. The van der Waals surface area contributed by atoms with Crippen molar-refractivity contribution in [1.29, 1.82) is 0 Å². The third-order valence-corrected chi connectivity index (χ3v) is 6.72. The second-order valence-electron chi connectivity index (χ2n) is 7.52. The van der Waals surface area contributed by atoms with Crippen molar-refractivity contribution in [3.05, 3.63) is 65.7 Å². The minimum absolute atomic E-state index is 0.0255. The number of hydrogen-bond donors (Lipinski definition) is 2. The number of benzene rings is 2. The molecule has 0 aliphatic carbocycles. The van der Waals surface area contributed by atoms with Crippen molar-refractivity contribution in [3.8, 4) is 0 Å². The first-order valence-electron chi connectivity index (χ1n) is 9.61. The van der Waals surface area contributed by atoms with Gasteiger partial charge < -0.3 is 19.9 Å². The Kier molecular flexibility index (Phi) is 5.74. The summed E-state index contributed by atoms with van der Waals surface area (Å²) < 4.78 is 42.2. The first-order valence-corrected chi connectivity index (χ1v) is 11.0. The molecule has 0 unspecified atom stereocenters.